The summed E-state index contributed by atoms with van der Waals surface area (Å²) in [4.78, 5) is 3.95. The van der Waals surface area contributed by atoms with Crippen LogP contribution in [0.15, 0.2) is 23.2 Å². The molecule has 6 heteroatoms. The van der Waals surface area contributed by atoms with Crippen molar-refractivity contribution in [3.63, 3.8) is 0 Å². The molecule has 0 amide bonds. The predicted molar refractivity (Wildman–Crippen MR) is 65.8 cm³/mol. The molecular formula is C11H17N3O2S. The zero-order chi connectivity index (χ0) is 12.3. The summed E-state index contributed by atoms with van der Waals surface area (Å²) in [5.74, 6) is 0.909. The van der Waals surface area contributed by atoms with Crippen molar-refractivity contribution >= 4 is 15.8 Å². The van der Waals surface area contributed by atoms with E-state index in [9.17, 15) is 8.42 Å². The van der Waals surface area contributed by atoms with E-state index in [1.807, 2.05) is 0 Å². The highest BCUT2D eigenvalue weighted by Gasteiger charge is 2.19. The fourth-order valence-corrected chi connectivity index (χ4v) is 2.93. The number of aromatic nitrogens is 1. The number of nitrogens with one attached hydrogen (secondary N) is 1. The molecule has 0 bridgehead atoms. The summed E-state index contributed by atoms with van der Waals surface area (Å²) in [5.41, 5.74) is 5.46. The minimum atomic E-state index is -3.43. The molecule has 17 heavy (non-hydrogen) atoms. The summed E-state index contributed by atoms with van der Waals surface area (Å²) in [6, 6.07) is 2.81. The van der Waals surface area contributed by atoms with Crippen LogP contribution in [0.25, 0.3) is 0 Å². The van der Waals surface area contributed by atoms with E-state index in [0.717, 1.165) is 6.42 Å². The summed E-state index contributed by atoms with van der Waals surface area (Å²) in [5, 5.41) is 0. The second-order valence-electron chi connectivity index (χ2n) is 4.40. The SMILES string of the molecule is Nc1cc(S(=O)(=O)NCCC2CCC2)ccn1. The molecular weight excluding hydrogens is 238 g/mol. The van der Waals surface area contributed by atoms with Gasteiger partial charge in [-0.05, 0) is 18.4 Å². The maximum atomic E-state index is 11.9. The lowest BCUT2D eigenvalue weighted by atomic mass is 9.83. The molecule has 0 saturated heterocycles. The zero-order valence-corrected chi connectivity index (χ0v) is 10.4. The Labute approximate surface area is 101 Å². The normalized spacial score (nSPS) is 16.7. The highest BCUT2D eigenvalue weighted by atomic mass is 32.2. The topological polar surface area (TPSA) is 85.1 Å². The standard InChI is InChI=1S/C11H17N3O2S/c12-11-8-10(5-6-13-11)17(15,16)14-7-4-9-2-1-3-9/h5-6,8-9,14H,1-4,7H2,(H2,12,13). The molecule has 1 aromatic heterocycles. The van der Waals surface area contributed by atoms with Crippen molar-refractivity contribution in [2.24, 2.45) is 5.92 Å². The van der Waals surface area contributed by atoms with Gasteiger partial charge in [0.2, 0.25) is 10.0 Å². The molecule has 0 aliphatic heterocycles. The Morgan fingerprint density at radius 3 is 2.82 bits per heavy atom. The molecule has 1 fully saturated rings. The minimum absolute atomic E-state index is 0.179. The molecule has 1 aliphatic rings. The first kappa shape index (κ1) is 12.3. The largest absolute Gasteiger partial charge is 0.384 e. The van der Waals surface area contributed by atoms with Gasteiger partial charge in [0, 0.05) is 18.8 Å². The van der Waals surface area contributed by atoms with Crippen molar-refractivity contribution in [3.8, 4) is 0 Å². The van der Waals surface area contributed by atoms with E-state index in [4.69, 9.17) is 5.73 Å². The van der Waals surface area contributed by atoms with Gasteiger partial charge in [-0.15, -0.1) is 0 Å². The Hall–Kier alpha value is -1.14. The number of hydrogen-bond donors (Lipinski definition) is 2. The average molecular weight is 255 g/mol. The molecule has 94 valence electrons. The van der Waals surface area contributed by atoms with Crippen molar-refractivity contribution in [1.29, 1.82) is 0 Å². The number of rotatable bonds is 5. The van der Waals surface area contributed by atoms with Gasteiger partial charge in [-0.25, -0.2) is 18.1 Å². The van der Waals surface area contributed by atoms with Crippen LogP contribution in [-0.4, -0.2) is 19.9 Å². The quantitative estimate of drug-likeness (QED) is 0.826. The molecule has 0 unspecified atom stereocenters. The molecule has 3 N–H and O–H groups in total. The highest BCUT2D eigenvalue weighted by molar-refractivity contribution is 7.89. The van der Waals surface area contributed by atoms with Crippen LogP contribution in [0.2, 0.25) is 0 Å². The van der Waals surface area contributed by atoms with Crippen LogP contribution in [-0.2, 0) is 10.0 Å². The lowest BCUT2D eigenvalue weighted by molar-refractivity contribution is 0.297. The summed E-state index contributed by atoms with van der Waals surface area (Å²) in [7, 11) is -3.43. The third kappa shape index (κ3) is 3.17. The second kappa shape index (κ2) is 5.01. The van der Waals surface area contributed by atoms with Gasteiger partial charge in [0.1, 0.15) is 5.82 Å². The lowest BCUT2D eigenvalue weighted by Crippen LogP contribution is -2.27. The highest BCUT2D eigenvalue weighted by Crippen LogP contribution is 2.28. The van der Waals surface area contributed by atoms with Gasteiger partial charge < -0.3 is 5.73 Å². The van der Waals surface area contributed by atoms with Gasteiger partial charge in [-0.2, -0.15) is 0 Å². The second-order valence-corrected chi connectivity index (χ2v) is 6.17. The van der Waals surface area contributed by atoms with Crippen molar-refractivity contribution in [2.75, 3.05) is 12.3 Å². The molecule has 1 aromatic rings. The number of nitrogens with zero attached hydrogens (tertiary/aromatic N) is 1. The number of pyridine rings is 1. The number of hydrogen-bond acceptors (Lipinski definition) is 4. The summed E-state index contributed by atoms with van der Waals surface area (Å²) in [6.45, 7) is 0.495. The van der Waals surface area contributed by atoms with Crippen LogP contribution in [0.5, 0.6) is 0 Å². The van der Waals surface area contributed by atoms with E-state index in [1.54, 1.807) is 0 Å². The van der Waals surface area contributed by atoms with E-state index in [0.29, 0.717) is 12.5 Å². The molecule has 0 radical (unpaired) electrons. The van der Waals surface area contributed by atoms with Gasteiger partial charge in [0.15, 0.2) is 0 Å². The van der Waals surface area contributed by atoms with Crippen molar-refractivity contribution in [2.45, 2.75) is 30.6 Å². The third-order valence-electron chi connectivity index (χ3n) is 3.13. The van der Waals surface area contributed by atoms with E-state index >= 15 is 0 Å². The fraction of sp³-hybridized carbons (Fsp3) is 0.545. The molecule has 5 nitrogen and oxygen atoms in total. The van der Waals surface area contributed by atoms with E-state index in [1.165, 1.54) is 37.6 Å². The van der Waals surface area contributed by atoms with Gasteiger partial charge in [0.25, 0.3) is 0 Å². The molecule has 1 saturated carbocycles. The minimum Gasteiger partial charge on any atom is -0.384 e. The summed E-state index contributed by atoms with van der Waals surface area (Å²) in [6.07, 6.45) is 6.04. The monoisotopic (exact) mass is 255 g/mol. The molecule has 0 spiro atoms. The van der Waals surface area contributed by atoms with Crippen LogP contribution >= 0.6 is 0 Å². The Morgan fingerprint density at radius 1 is 1.47 bits per heavy atom. The van der Waals surface area contributed by atoms with E-state index < -0.39 is 10.0 Å². The number of nitrogens with two attached hydrogens (primary N) is 1. The van der Waals surface area contributed by atoms with Gasteiger partial charge in [0.05, 0.1) is 4.90 Å². The van der Waals surface area contributed by atoms with Crippen LogP contribution in [0.3, 0.4) is 0 Å². The first-order valence-corrected chi connectivity index (χ1v) is 7.27. The number of sulfonamides is 1. The predicted octanol–water partition coefficient (Wildman–Crippen LogP) is 1.13. The van der Waals surface area contributed by atoms with Crippen LogP contribution in [0.4, 0.5) is 5.82 Å². The Morgan fingerprint density at radius 2 is 2.24 bits per heavy atom. The molecule has 1 heterocycles. The molecule has 1 aliphatic carbocycles. The fourth-order valence-electron chi connectivity index (χ4n) is 1.86. The maximum Gasteiger partial charge on any atom is 0.240 e. The Bertz CT molecular complexity index is 483. The van der Waals surface area contributed by atoms with Gasteiger partial charge >= 0.3 is 0 Å². The summed E-state index contributed by atoms with van der Waals surface area (Å²) < 4.78 is 26.3. The third-order valence-corrected chi connectivity index (χ3v) is 4.59. The van der Waals surface area contributed by atoms with Crippen LogP contribution in [0.1, 0.15) is 25.7 Å². The van der Waals surface area contributed by atoms with Gasteiger partial charge in [-0.3, -0.25) is 0 Å². The molecule has 2 rings (SSSR count). The smallest absolute Gasteiger partial charge is 0.240 e. The lowest BCUT2D eigenvalue weighted by Gasteiger charge is -2.25. The molecule has 0 atom stereocenters. The Balaban J connectivity index is 1.93. The number of anilines is 1. The molecule has 0 aromatic carbocycles. The van der Waals surface area contributed by atoms with Crippen molar-refractivity contribution in [1.82, 2.24) is 9.71 Å². The van der Waals surface area contributed by atoms with Crippen molar-refractivity contribution < 1.29 is 8.42 Å². The van der Waals surface area contributed by atoms with Crippen LogP contribution < -0.4 is 10.5 Å². The number of nitrogen functional groups attached to an aromatic ring is 1. The average Bonchev–Trinajstić information content (AvgIpc) is 2.22. The van der Waals surface area contributed by atoms with E-state index in [-0.39, 0.29) is 10.7 Å². The zero-order valence-electron chi connectivity index (χ0n) is 9.59. The first-order chi connectivity index (χ1) is 8.08. The summed E-state index contributed by atoms with van der Waals surface area (Å²) >= 11 is 0. The maximum absolute atomic E-state index is 11.9. The Kier molecular flexibility index (Phi) is 3.63. The van der Waals surface area contributed by atoms with Gasteiger partial charge in [-0.1, -0.05) is 19.3 Å². The van der Waals surface area contributed by atoms with E-state index in [2.05, 4.69) is 9.71 Å². The van der Waals surface area contributed by atoms with Crippen molar-refractivity contribution in [3.05, 3.63) is 18.3 Å². The van der Waals surface area contributed by atoms with Crippen LogP contribution in [0, 0.1) is 5.92 Å². The first-order valence-electron chi connectivity index (χ1n) is 5.79.